The van der Waals surface area contributed by atoms with Gasteiger partial charge in [0.25, 0.3) is 0 Å². The number of aliphatic carboxylic acids is 1. The van der Waals surface area contributed by atoms with E-state index in [9.17, 15) is 18.0 Å². The summed E-state index contributed by atoms with van der Waals surface area (Å²) in [4.78, 5) is 10.2. The van der Waals surface area contributed by atoms with Gasteiger partial charge in [0.1, 0.15) is 5.75 Å². The van der Waals surface area contributed by atoms with Gasteiger partial charge in [0.15, 0.2) is 0 Å². The monoisotopic (exact) mass is 266 g/mol. The molecule has 0 spiro atoms. The summed E-state index contributed by atoms with van der Waals surface area (Å²) >= 11 is 1.10. The van der Waals surface area contributed by atoms with E-state index in [1.165, 1.54) is 18.2 Å². The summed E-state index contributed by atoms with van der Waals surface area (Å²) in [5.74, 6) is -1.03. The van der Waals surface area contributed by atoms with Gasteiger partial charge in [0.2, 0.25) is 0 Å². The van der Waals surface area contributed by atoms with Gasteiger partial charge >= 0.3 is 12.3 Å². The van der Waals surface area contributed by atoms with Crippen molar-refractivity contribution in [2.24, 2.45) is 0 Å². The first-order valence-electron chi connectivity index (χ1n) is 4.51. The maximum absolute atomic E-state index is 11.9. The van der Waals surface area contributed by atoms with Crippen LogP contribution in [0, 0.1) is 0 Å². The Morgan fingerprint density at radius 3 is 2.71 bits per heavy atom. The zero-order valence-corrected chi connectivity index (χ0v) is 9.35. The van der Waals surface area contributed by atoms with Crippen molar-refractivity contribution in [1.29, 1.82) is 0 Å². The van der Waals surface area contributed by atoms with Gasteiger partial charge < -0.3 is 9.84 Å². The number of hydrogen-bond donors (Lipinski definition) is 1. The topological polar surface area (TPSA) is 46.5 Å². The van der Waals surface area contributed by atoms with E-state index in [2.05, 4.69) is 4.74 Å². The van der Waals surface area contributed by atoms with Gasteiger partial charge in [-0.15, -0.1) is 24.9 Å². The van der Waals surface area contributed by atoms with Crippen LogP contribution in [0.1, 0.15) is 5.56 Å². The summed E-state index contributed by atoms with van der Waals surface area (Å²) in [7, 11) is 0. The third-order valence-corrected chi connectivity index (χ3v) is 2.61. The lowest BCUT2D eigenvalue weighted by atomic mass is 10.2. The smallest absolute Gasteiger partial charge is 0.481 e. The molecule has 0 bridgehead atoms. The molecule has 7 heteroatoms. The fraction of sp³-hybridized carbons (Fsp3) is 0.300. The van der Waals surface area contributed by atoms with Crippen LogP contribution in [0.15, 0.2) is 24.3 Å². The molecule has 0 saturated carbocycles. The summed E-state index contributed by atoms with van der Waals surface area (Å²) in [5, 5.41) is 8.40. The number of ether oxygens (including phenoxy) is 1. The number of thioether (sulfide) groups is 1. The summed E-state index contributed by atoms with van der Waals surface area (Å²) in [5.41, 5.74) is 0.581. The lowest BCUT2D eigenvalue weighted by Crippen LogP contribution is -2.17. The van der Waals surface area contributed by atoms with E-state index in [1.807, 2.05) is 0 Å². The van der Waals surface area contributed by atoms with E-state index in [4.69, 9.17) is 5.11 Å². The van der Waals surface area contributed by atoms with E-state index in [0.29, 0.717) is 11.3 Å². The molecule has 1 rings (SSSR count). The van der Waals surface area contributed by atoms with Gasteiger partial charge in [-0.2, -0.15) is 0 Å². The SMILES string of the molecule is O=C(O)CSCc1cccc(OC(F)(F)F)c1. The van der Waals surface area contributed by atoms with Gasteiger partial charge in [-0.1, -0.05) is 12.1 Å². The van der Waals surface area contributed by atoms with Crippen LogP contribution in [0.3, 0.4) is 0 Å². The molecule has 0 aliphatic carbocycles. The number of benzene rings is 1. The molecule has 1 N–H and O–H groups in total. The Bertz CT molecular complexity index is 393. The Morgan fingerprint density at radius 2 is 2.12 bits per heavy atom. The summed E-state index contributed by atoms with van der Waals surface area (Å²) in [6.07, 6.45) is -4.72. The molecular weight excluding hydrogens is 257 g/mol. The molecular formula is C10H9F3O3S. The Hall–Kier alpha value is -1.37. The zero-order chi connectivity index (χ0) is 12.9. The molecule has 17 heavy (non-hydrogen) atoms. The highest BCUT2D eigenvalue weighted by atomic mass is 32.2. The fourth-order valence-corrected chi connectivity index (χ4v) is 1.78. The maximum Gasteiger partial charge on any atom is 0.573 e. The number of rotatable bonds is 5. The van der Waals surface area contributed by atoms with Crippen molar-refractivity contribution in [3.63, 3.8) is 0 Å². The number of alkyl halides is 3. The molecule has 0 aliphatic heterocycles. The molecule has 0 radical (unpaired) electrons. The number of hydrogen-bond acceptors (Lipinski definition) is 3. The van der Waals surface area contributed by atoms with Crippen molar-refractivity contribution in [2.75, 3.05) is 5.75 Å². The van der Waals surface area contributed by atoms with Crippen molar-refractivity contribution >= 4 is 17.7 Å². The first-order chi connectivity index (χ1) is 7.87. The normalized spacial score (nSPS) is 11.2. The van der Waals surface area contributed by atoms with E-state index in [1.54, 1.807) is 6.07 Å². The summed E-state index contributed by atoms with van der Waals surface area (Å²) in [6, 6.07) is 5.47. The van der Waals surface area contributed by atoms with Crippen molar-refractivity contribution < 1.29 is 27.8 Å². The molecule has 0 heterocycles. The zero-order valence-electron chi connectivity index (χ0n) is 8.53. The molecule has 1 aromatic rings. The number of carboxylic acid groups (broad SMARTS) is 1. The van der Waals surface area contributed by atoms with E-state index < -0.39 is 12.3 Å². The molecule has 94 valence electrons. The minimum atomic E-state index is -4.72. The molecule has 0 unspecified atom stereocenters. The first-order valence-corrected chi connectivity index (χ1v) is 5.66. The minimum Gasteiger partial charge on any atom is -0.481 e. The van der Waals surface area contributed by atoms with E-state index >= 15 is 0 Å². The van der Waals surface area contributed by atoms with Crippen LogP contribution in [0.4, 0.5) is 13.2 Å². The second-order valence-electron chi connectivity index (χ2n) is 3.08. The van der Waals surface area contributed by atoms with Crippen LogP contribution in [-0.4, -0.2) is 23.2 Å². The van der Waals surface area contributed by atoms with Crippen molar-refractivity contribution in [1.82, 2.24) is 0 Å². The van der Waals surface area contributed by atoms with Crippen molar-refractivity contribution in [3.05, 3.63) is 29.8 Å². The van der Waals surface area contributed by atoms with Gasteiger partial charge in [-0.05, 0) is 17.7 Å². The third kappa shape index (κ3) is 6.06. The predicted molar refractivity (Wildman–Crippen MR) is 56.9 cm³/mol. The predicted octanol–water partition coefficient (Wildman–Crippen LogP) is 2.90. The molecule has 0 atom stereocenters. The third-order valence-electron chi connectivity index (χ3n) is 1.63. The molecule has 0 amide bonds. The number of carboxylic acids is 1. The second-order valence-corrected chi connectivity index (χ2v) is 4.07. The van der Waals surface area contributed by atoms with Crippen LogP contribution in [-0.2, 0) is 10.5 Å². The first kappa shape index (κ1) is 13.7. The van der Waals surface area contributed by atoms with Gasteiger partial charge in [-0.25, -0.2) is 0 Å². The van der Waals surface area contributed by atoms with Crippen LogP contribution >= 0.6 is 11.8 Å². The highest BCUT2D eigenvalue weighted by molar-refractivity contribution is 7.99. The number of carbonyl (C=O) groups is 1. The van der Waals surface area contributed by atoms with Crippen LogP contribution in [0.25, 0.3) is 0 Å². The van der Waals surface area contributed by atoms with Crippen LogP contribution in [0.5, 0.6) is 5.75 Å². The Kier molecular flexibility index (Phi) is 4.68. The van der Waals surface area contributed by atoms with Gasteiger partial charge in [0, 0.05) is 5.75 Å². The maximum atomic E-state index is 11.9. The van der Waals surface area contributed by atoms with Crippen molar-refractivity contribution in [2.45, 2.75) is 12.1 Å². The van der Waals surface area contributed by atoms with Crippen molar-refractivity contribution in [3.8, 4) is 5.75 Å². The average molecular weight is 266 g/mol. The number of halogens is 3. The lowest BCUT2D eigenvalue weighted by Gasteiger charge is -2.09. The molecule has 0 fully saturated rings. The fourth-order valence-electron chi connectivity index (χ4n) is 1.09. The molecule has 1 aromatic carbocycles. The molecule has 3 nitrogen and oxygen atoms in total. The average Bonchev–Trinajstić information content (AvgIpc) is 2.14. The summed E-state index contributed by atoms with van der Waals surface area (Å²) in [6.45, 7) is 0. The highest BCUT2D eigenvalue weighted by Gasteiger charge is 2.31. The molecule has 0 aromatic heterocycles. The van der Waals surface area contributed by atoms with E-state index in [-0.39, 0.29) is 11.5 Å². The second kappa shape index (κ2) is 5.81. The standard InChI is InChI=1S/C10H9F3O3S/c11-10(12,13)16-8-3-1-2-7(4-8)5-17-6-9(14)15/h1-4H,5-6H2,(H,14,15). The Labute approximate surface area is 99.6 Å². The molecule has 0 aliphatic rings. The Morgan fingerprint density at radius 1 is 1.41 bits per heavy atom. The lowest BCUT2D eigenvalue weighted by molar-refractivity contribution is -0.274. The van der Waals surface area contributed by atoms with Crippen LogP contribution < -0.4 is 4.74 Å². The quantitative estimate of drug-likeness (QED) is 0.890. The largest absolute Gasteiger partial charge is 0.573 e. The van der Waals surface area contributed by atoms with Crippen LogP contribution in [0.2, 0.25) is 0 Å². The highest BCUT2D eigenvalue weighted by Crippen LogP contribution is 2.24. The Balaban J connectivity index is 2.57. The summed E-state index contributed by atoms with van der Waals surface area (Å²) < 4.78 is 39.5. The van der Waals surface area contributed by atoms with Gasteiger partial charge in [-0.3, -0.25) is 4.79 Å². The molecule has 0 saturated heterocycles. The minimum absolute atomic E-state index is 0.0929. The van der Waals surface area contributed by atoms with E-state index in [0.717, 1.165) is 11.8 Å². The van der Waals surface area contributed by atoms with Gasteiger partial charge in [0.05, 0.1) is 5.75 Å².